The largest absolute Gasteiger partial charge is 0.480 e. The number of aliphatic carboxylic acids is 1. The van der Waals surface area contributed by atoms with E-state index in [1.165, 1.54) is 15.2 Å². The fraction of sp³-hybridized carbons (Fsp3) is 0.500. The molecule has 65 heavy (non-hydrogen) atoms. The average molecular weight is 931 g/mol. The lowest BCUT2D eigenvalue weighted by molar-refractivity contribution is -0.141. The van der Waals surface area contributed by atoms with Gasteiger partial charge in [0.1, 0.15) is 17.3 Å². The van der Waals surface area contributed by atoms with E-state index in [1.807, 2.05) is 23.1 Å². The quantitative estimate of drug-likeness (QED) is 0.120. The number of carbonyl (C=O) groups is 5. The standard InChI is InChI=1S/C48H54Cl2FN7O7/c1-56-37-24-28(10-15-35(37)58(46(56)65)36(44(62)63)16-17-38(52)59)26-18-22-57(23-19-26)43(61)27-8-12-30(13-9-27)53-42(60)41-39(31-6-5-7-33(50)40(31)51)48(47(55-41)20-3-2-4-21-47)32-14-11-29(49)25-34(32)54-45(48)64/h5-7,10-11,14-15,24-27,30,36,39,41,55H,2-4,8-9,12-13,16-23H2,1H3,(H2,52,59)(H,53,60)(H,54,64)(H,62,63)/t27?,30?,36?,39-,41+,48+/m0/s1. The molecule has 17 heteroatoms. The smallest absolute Gasteiger partial charge is 0.329 e. The predicted octanol–water partition coefficient (Wildman–Crippen LogP) is 6.41. The number of halogens is 3. The highest BCUT2D eigenvalue weighted by Gasteiger charge is 2.72. The summed E-state index contributed by atoms with van der Waals surface area (Å²) in [5.74, 6) is -4.03. The van der Waals surface area contributed by atoms with Crippen molar-refractivity contribution in [1.82, 2.24) is 24.7 Å². The van der Waals surface area contributed by atoms with Crippen molar-refractivity contribution in [3.05, 3.63) is 97.6 Å². The van der Waals surface area contributed by atoms with Crippen LogP contribution in [0.3, 0.4) is 0 Å². The Bertz CT molecular complexity index is 2650. The first-order chi connectivity index (χ1) is 31.1. The number of anilines is 1. The molecule has 1 unspecified atom stereocenters. The molecule has 4 amide bonds. The normalized spacial score (nSPS) is 25.7. The molecule has 3 aromatic carbocycles. The van der Waals surface area contributed by atoms with Crippen LogP contribution in [0, 0.1) is 11.7 Å². The average Bonchev–Trinajstić information content (AvgIpc) is 3.84. The Morgan fingerprint density at radius 1 is 0.938 bits per heavy atom. The van der Waals surface area contributed by atoms with Gasteiger partial charge < -0.3 is 26.4 Å². The van der Waals surface area contributed by atoms with E-state index in [0.717, 1.165) is 37.7 Å². The summed E-state index contributed by atoms with van der Waals surface area (Å²) in [6.45, 7) is 1.13. The Hall–Kier alpha value is -5.25. The van der Waals surface area contributed by atoms with Crippen LogP contribution in [-0.4, -0.2) is 79.5 Å². The monoisotopic (exact) mass is 929 g/mol. The molecular formula is C48H54Cl2FN7O7. The van der Waals surface area contributed by atoms with Crippen molar-refractivity contribution in [3.63, 3.8) is 0 Å². The summed E-state index contributed by atoms with van der Waals surface area (Å²) >= 11 is 12.8. The maximum absolute atomic E-state index is 16.3. The number of nitrogens with two attached hydrogens (primary N) is 1. The molecule has 344 valence electrons. The number of benzene rings is 3. The van der Waals surface area contributed by atoms with Crippen molar-refractivity contribution in [2.45, 2.75) is 124 Å². The van der Waals surface area contributed by atoms with Gasteiger partial charge in [-0.15, -0.1) is 0 Å². The zero-order chi connectivity index (χ0) is 45.9. The molecule has 2 spiro atoms. The van der Waals surface area contributed by atoms with Gasteiger partial charge in [0.15, 0.2) is 0 Å². The highest BCUT2D eigenvalue weighted by atomic mass is 35.5. The molecule has 4 atom stereocenters. The number of hydrogen-bond acceptors (Lipinski definition) is 7. The Morgan fingerprint density at radius 2 is 1.66 bits per heavy atom. The minimum absolute atomic E-state index is 0.0862. The van der Waals surface area contributed by atoms with E-state index >= 15 is 4.39 Å². The number of piperidine rings is 1. The number of aryl methyl sites for hydroxylation is 1. The topological polar surface area (TPSA) is 198 Å². The van der Waals surface area contributed by atoms with Gasteiger partial charge >= 0.3 is 11.7 Å². The number of rotatable bonds is 10. The van der Waals surface area contributed by atoms with Crippen LogP contribution in [0.25, 0.3) is 11.0 Å². The summed E-state index contributed by atoms with van der Waals surface area (Å²) in [6, 6.07) is 13.2. The van der Waals surface area contributed by atoms with Crippen LogP contribution in [0.15, 0.2) is 59.4 Å². The fourth-order valence-corrected chi connectivity index (χ4v) is 12.6. The van der Waals surface area contributed by atoms with Crippen LogP contribution in [0.4, 0.5) is 10.1 Å². The second-order valence-electron chi connectivity index (χ2n) is 18.8. The summed E-state index contributed by atoms with van der Waals surface area (Å²) in [5.41, 5.74) is 6.12. The first-order valence-electron chi connectivity index (χ1n) is 22.8. The number of carbonyl (C=O) groups excluding carboxylic acids is 4. The lowest BCUT2D eigenvalue weighted by Gasteiger charge is -2.47. The van der Waals surface area contributed by atoms with Crippen LogP contribution in [0.2, 0.25) is 10.0 Å². The van der Waals surface area contributed by atoms with Crippen molar-refractivity contribution < 1.29 is 33.5 Å². The third-order valence-electron chi connectivity index (χ3n) is 15.4. The van der Waals surface area contributed by atoms with Crippen molar-refractivity contribution in [1.29, 1.82) is 0 Å². The molecule has 0 radical (unpaired) electrons. The number of fused-ring (bicyclic) bond motifs is 4. The maximum atomic E-state index is 16.3. The molecule has 1 aromatic heterocycles. The predicted molar refractivity (Wildman–Crippen MR) is 243 cm³/mol. The maximum Gasteiger partial charge on any atom is 0.329 e. The van der Waals surface area contributed by atoms with E-state index in [9.17, 15) is 33.9 Å². The zero-order valence-corrected chi connectivity index (χ0v) is 37.7. The summed E-state index contributed by atoms with van der Waals surface area (Å²) < 4.78 is 19.0. The van der Waals surface area contributed by atoms with Gasteiger partial charge in [-0.1, -0.05) is 66.7 Å². The van der Waals surface area contributed by atoms with Crippen molar-refractivity contribution in [2.24, 2.45) is 18.7 Å². The molecule has 2 aliphatic carbocycles. The number of primary amides is 1. The molecule has 9 rings (SSSR count). The molecule has 2 saturated heterocycles. The number of aromatic nitrogens is 2. The minimum Gasteiger partial charge on any atom is -0.480 e. The Morgan fingerprint density at radius 3 is 2.35 bits per heavy atom. The van der Waals surface area contributed by atoms with Gasteiger partial charge in [0, 0.05) is 60.7 Å². The van der Waals surface area contributed by atoms with Gasteiger partial charge in [0.25, 0.3) is 0 Å². The van der Waals surface area contributed by atoms with Crippen molar-refractivity contribution in [3.8, 4) is 0 Å². The number of amides is 4. The molecule has 6 N–H and O–H groups in total. The lowest BCUT2D eigenvalue weighted by atomic mass is 9.55. The first kappa shape index (κ1) is 44.9. The Labute approximate surface area is 385 Å². The van der Waals surface area contributed by atoms with E-state index in [4.69, 9.17) is 28.9 Å². The van der Waals surface area contributed by atoms with Gasteiger partial charge in [0.2, 0.25) is 23.6 Å². The van der Waals surface area contributed by atoms with Gasteiger partial charge in [-0.25, -0.2) is 14.0 Å². The number of hydrogen-bond donors (Lipinski definition) is 5. The summed E-state index contributed by atoms with van der Waals surface area (Å²) in [5, 5.41) is 20.3. The molecule has 5 aliphatic rings. The second kappa shape index (κ2) is 17.5. The van der Waals surface area contributed by atoms with E-state index in [-0.39, 0.29) is 59.0 Å². The number of carboxylic acids is 1. The highest BCUT2D eigenvalue weighted by molar-refractivity contribution is 6.31. The van der Waals surface area contributed by atoms with Gasteiger partial charge in [-0.3, -0.25) is 33.6 Å². The molecular weight excluding hydrogens is 876 g/mol. The van der Waals surface area contributed by atoms with Gasteiger partial charge in [-0.2, -0.15) is 0 Å². The third kappa shape index (κ3) is 7.60. The molecule has 4 heterocycles. The van der Waals surface area contributed by atoms with Crippen LogP contribution in [-0.2, 0) is 36.4 Å². The van der Waals surface area contributed by atoms with Gasteiger partial charge in [-0.05, 0) is 111 Å². The molecule has 4 fully saturated rings. The Balaban J connectivity index is 0.871. The van der Waals surface area contributed by atoms with Crippen LogP contribution in [0.5, 0.6) is 0 Å². The lowest BCUT2D eigenvalue weighted by Crippen LogP contribution is -2.60. The van der Waals surface area contributed by atoms with E-state index in [0.29, 0.717) is 78.9 Å². The highest BCUT2D eigenvalue weighted by Crippen LogP contribution is 2.63. The van der Waals surface area contributed by atoms with Crippen molar-refractivity contribution in [2.75, 3.05) is 18.4 Å². The summed E-state index contributed by atoms with van der Waals surface area (Å²) in [7, 11) is 1.60. The first-order valence-corrected chi connectivity index (χ1v) is 23.5. The summed E-state index contributed by atoms with van der Waals surface area (Å²) in [4.78, 5) is 82.2. The number of nitrogens with zero attached hydrogens (tertiary/aromatic N) is 3. The molecule has 2 saturated carbocycles. The van der Waals surface area contributed by atoms with Gasteiger partial charge in [0.05, 0.1) is 22.1 Å². The van der Waals surface area contributed by atoms with Crippen LogP contribution < -0.4 is 27.4 Å². The second-order valence-corrected chi connectivity index (χ2v) is 19.7. The molecule has 0 bridgehead atoms. The van der Waals surface area contributed by atoms with E-state index in [2.05, 4.69) is 16.0 Å². The number of likely N-dealkylation sites (tertiary alicyclic amines) is 1. The van der Waals surface area contributed by atoms with Crippen LogP contribution >= 0.6 is 23.2 Å². The van der Waals surface area contributed by atoms with E-state index < -0.39 is 52.3 Å². The number of carboxylic acid groups (broad SMARTS) is 1. The SMILES string of the molecule is Cn1c(=O)n(C(CCC(N)=O)C(=O)O)c2ccc(C3CCN(C(=O)C4CCC(NC(=O)[C@@H]5NC6(CCCCC6)[C@@]6(C(=O)Nc7cc(Cl)ccc76)[C@H]5c5cccc(Cl)c5F)CC4)CC3)cc21. The fourth-order valence-electron chi connectivity index (χ4n) is 12.3. The van der Waals surface area contributed by atoms with E-state index in [1.54, 1.807) is 37.4 Å². The molecule has 3 aliphatic heterocycles. The van der Waals surface area contributed by atoms with Crippen molar-refractivity contribution >= 4 is 69.5 Å². The third-order valence-corrected chi connectivity index (χ3v) is 15.9. The zero-order valence-electron chi connectivity index (χ0n) is 36.2. The van der Waals surface area contributed by atoms with Crippen LogP contribution in [0.1, 0.15) is 118 Å². The minimum atomic E-state index is -1.32. The number of imidazole rings is 1. The number of nitrogens with one attached hydrogen (secondary N) is 3. The molecule has 4 aromatic rings. The molecule has 14 nitrogen and oxygen atoms in total. The summed E-state index contributed by atoms with van der Waals surface area (Å²) in [6.07, 6.45) is 7.42. The Kier molecular flexibility index (Phi) is 12.1.